The van der Waals surface area contributed by atoms with Crippen LogP contribution in [0.3, 0.4) is 0 Å². The fourth-order valence-electron chi connectivity index (χ4n) is 2.25. The van der Waals surface area contributed by atoms with Crippen LogP contribution in [-0.2, 0) is 13.0 Å². The van der Waals surface area contributed by atoms with Crippen LogP contribution in [0.1, 0.15) is 30.9 Å². The van der Waals surface area contributed by atoms with Crippen molar-refractivity contribution in [3.8, 4) is 11.8 Å². The molecule has 0 aromatic heterocycles. The number of amides is 2. The average molecular weight is 337 g/mol. The van der Waals surface area contributed by atoms with Crippen LogP contribution < -0.4 is 15.4 Å². The van der Waals surface area contributed by atoms with Gasteiger partial charge in [0.25, 0.3) is 0 Å². The van der Waals surface area contributed by atoms with Gasteiger partial charge in [-0.3, -0.25) is 0 Å². The predicted octanol–water partition coefficient (Wildman–Crippen LogP) is 4.25. The molecule has 0 saturated carbocycles. The van der Waals surface area contributed by atoms with Gasteiger partial charge in [0.05, 0.1) is 12.5 Å². The SMILES string of the molecule is CCCCNC(=O)Nc1cccc(COc2ccc(CC#N)cc2)c1. The van der Waals surface area contributed by atoms with E-state index in [4.69, 9.17) is 10.00 Å². The summed E-state index contributed by atoms with van der Waals surface area (Å²) in [7, 11) is 0. The van der Waals surface area contributed by atoms with Crippen molar-refractivity contribution >= 4 is 11.7 Å². The Labute approximate surface area is 148 Å². The first kappa shape index (κ1) is 18.3. The van der Waals surface area contributed by atoms with Crippen LogP contribution in [0.25, 0.3) is 0 Å². The van der Waals surface area contributed by atoms with Crippen molar-refractivity contribution in [1.29, 1.82) is 5.26 Å². The van der Waals surface area contributed by atoms with Crippen molar-refractivity contribution in [3.63, 3.8) is 0 Å². The van der Waals surface area contributed by atoms with Gasteiger partial charge in [0.2, 0.25) is 0 Å². The second-order valence-electron chi connectivity index (χ2n) is 5.70. The van der Waals surface area contributed by atoms with E-state index in [-0.39, 0.29) is 6.03 Å². The second kappa shape index (κ2) is 9.99. The molecule has 2 aromatic carbocycles. The van der Waals surface area contributed by atoms with Crippen LogP contribution in [-0.4, -0.2) is 12.6 Å². The summed E-state index contributed by atoms with van der Waals surface area (Å²) < 4.78 is 5.75. The van der Waals surface area contributed by atoms with E-state index in [2.05, 4.69) is 23.6 Å². The molecule has 0 unspecified atom stereocenters. The van der Waals surface area contributed by atoms with Gasteiger partial charge < -0.3 is 15.4 Å². The molecule has 0 atom stereocenters. The Morgan fingerprint density at radius 2 is 1.96 bits per heavy atom. The van der Waals surface area contributed by atoms with Crippen molar-refractivity contribution in [2.24, 2.45) is 0 Å². The van der Waals surface area contributed by atoms with Crippen LogP contribution in [0.2, 0.25) is 0 Å². The third-order valence-electron chi connectivity index (χ3n) is 3.61. The zero-order chi connectivity index (χ0) is 17.9. The Hall–Kier alpha value is -3.00. The van der Waals surface area contributed by atoms with Gasteiger partial charge in [-0.2, -0.15) is 5.26 Å². The lowest BCUT2D eigenvalue weighted by molar-refractivity contribution is 0.252. The van der Waals surface area contributed by atoms with E-state index in [0.717, 1.165) is 35.4 Å². The number of benzene rings is 2. The largest absolute Gasteiger partial charge is 0.489 e. The molecule has 2 amide bonds. The topological polar surface area (TPSA) is 74.2 Å². The molecule has 0 radical (unpaired) electrons. The Kier molecular flexibility index (Phi) is 7.33. The highest BCUT2D eigenvalue weighted by molar-refractivity contribution is 5.89. The first-order chi connectivity index (χ1) is 12.2. The average Bonchev–Trinajstić information content (AvgIpc) is 2.62. The number of nitrogens with zero attached hydrogens (tertiary/aromatic N) is 1. The number of unbranched alkanes of at least 4 members (excludes halogenated alkanes) is 1. The van der Waals surface area contributed by atoms with Crippen molar-refractivity contribution in [2.45, 2.75) is 32.8 Å². The zero-order valence-corrected chi connectivity index (χ0v) is 14.4. The highest BCUT2D eigenvalue weighted by Gasteiger charge is 2.03. The van der Waals surface area contributed by atoms with E-state index in [9.17, 15) is 4.79 Å². The van der Waals surface area contributed by atoms with Crippen LogP contribution in [0.4, 0.5) is 10.5 Å². The maximum absolute atomic E-state index is 11.8. The molecule has 0 spiro atoms. The summed E-state index contributed by atoms with van der Waals surface area (Å²) >= 11 is 0. The molecule has 0 heterocycles. The molecule has 5 heteroatoms. The minimum absolute atomic E-state index is 0.195. The van der Waals surface area contributed by atoms with E-state index in [0.29, 0.717) is 19.6 Å². The van der Waals surface area contributed by atoms with Crippen LogP contribution in [0.15, 0.2) is 48.5 Å². The van der Waals surface area contributed by atoms with Crippen LogP contribution in [0, 0.1) is 11.3 Å². The van der Waals surface area contributed by atoms with E-state index in [1.807, 2.05) is 48.5 Å². The van der Waals surface area contributed by atoms with Crippen LogP contribution in [0.5, 0.6) is 5.75 Å². The quantitative estimate of drug-likeness (QED) is 0.707. The van der Waals surface area contributed by atoms with E-state index in [1.54, 1.807) is 0 Å². The Morgan fingerprint density at radius 3 is 2.68 bits per heavy atom. The van der Waals surface area contributed by atoms with Crippen molar-refractivity contribution in [3.05, 3.63) is 59.7 Å². The van der Waals surface area contributed by atoms with Gasteiger partial charge in [-0.25, -0.2) is 4.79 Å². The van der Waals surface area contributed by atoms with E-state index in [1.165, 1.54) is 0 Å². The Morgan fingerprint density at radius 1 is 1.16 bits per heavy atom. The number of nitriles is 1. The minimum Gasteiger partial charge on any atom is -0.489 e. The molecule has 2 N–H and O–H groups in total. The highest BCUT2D eigenvalue weighted by atomic mass is 16.5. The van der Waals surface area contributed by atoms with E-state index >= 15 is 0 Å². The van der Waals surface area contributed by atoms with E-state index < -0.39 is 0 Å². The van der Waals surface area contributed by atoms with Gasteiger partial charge in [0.1, 0.15) is 12.4 Å². The first-order valence-electron chi connectivity index (χ1n) is 8.43. The lowest BCUT2D eigenvalue weighted by atomic mass is 10.1. The molecule has 0 aliphatic carbocycles. The number of ether oxygens (including phenoxy) is 1. The van der Waals surface area contributed by atoms with Gasteiger partial charge in [0.15, 0.2) is 0 Å². The molecular formula is C20H23N3O2. The number of hydrogen-bond donors (Lipinski definition) is 2. The molecular weight excluding hydrogens is 314 g/mol. The number of nitrogens with one attached hydrogen (secondary N) is 2. The molecule has 130 valence electrons. The number of hydrogen-bond acceptors (Lipinski definition) is 3. The summed E-state index contributed by atoms with van der Waals surface area (Å²) in [4.78, 5) is 11.8. The number of anilines is 1. The van der Waals surface area contributed by atoms with Gasteiger partial charge >= 0.3 is 6.03 Å². The molecule has 0 aliphatic rings. The summed E-state index contributed by atoms with van der Waals surface area (Å²) in [6.07, 6.45) is 2.41. The molecule has 25 heavy (non-hydrogen) atoms. The van der Waals surface area contributed by atoms with Crippen molar-refractivity contribution in [1.82, 2.24) is 5.32 Å². The lowest BCUT2D eigenvalue weighted by Crippen LogP contribution is -2.29. The van der Waals surface area contributed by atoms with Crippen LogP contribution >= 0.6 is 0 Å². The molecule has 0 bridgehead atoms. The minimum atomic E-state index is -0.195. The smallest absolute Gasteiger partial charge is 0.319 e. The monoisotopic (exact) mass is 337 g/mol. The fourth-order valence-corrected chi connectivity index (χ4v) is 2.25. The molecule has 0 aliphatic heterocycles. The highest BCUT2D eigenvalue weighted by Crippen LogP contribution is 2.16. The lowest BCUT2D eigenvalue weighted by Gasteiger charge is -2.10. The standard InChI is InChI=1S/C20H23N3O2/c1-2-3-13-22-20(24)23-18-6-4-5-17(14-18)15-25-19-9-7-16(8-10-19)11-12-21/h4-10,14H,2-3,11,13,15H2,1H3,(H2,22,23,24). The maximum atomic E-state index is 11.8. The summed E-state index contributed by atoms with van der Waals surface area (Å²) in [5.74, 6) is 0.748. The predicted molar refractivity (Wildman–Crippen MR) is 98.5 cm³/mol. The third-order valence-corrected chi connectivity index (χ3v) is 3.61. The van der Waals surface area contributed by atoms with Crippen molar-refractivity contribution in [2.75, 3.05) is 11.9 Å². The summed E-state index contributed by atoms with van der Waals surface area (Å²) in [5, 5.41) is 14.3. The molecule has 2 rings (SSSR count). The number of carbonyl (C=O) groups excluding carboxylic acids is 1. The normalized spacial score (nSPS) is 9.92. The summed E-state index contributed by atoms with van der Waals surface area (Å²) in [5.41, 5.74) is 2.67. The maximum Gasteiger partial charge on any atom is 0.319 e. The van der Waals surface area contributed by atoms with Crippen molar-refractivity contribution < 1.29 is 9.53 Å². The zero-order valence-electron chi connectivity index (χ0n) is 14.4. The van der Waals surface area contributed by atoms with Gasteiger partial charge in [-0.1, -0.05) is 37.6 Å². The number of urea groups is 1. The number of rotatable bonds is 8. The van der Waals surface area contributed by atoms with Gasteiger partial charge in [-0.05, 0) is 41.8 Å². The van der Waals surface area contributed by atoms with Gasteiger partial charge in [0, 0.05) is 12.2 Å². The summed E-state index contributed by atoms with van der Waals surface area (Å²) in [6.45, 7) is 3.16. The Balaban J connectivity index is 1.86. The number of carbonyl (C=O) groups is 1. The Bertz CT molecular complexity index is 720. The molecule has 0 saturated heterocycles. The van der Waals surface area contributed by atoms with Gasteiger partial charge in [-0.15, -0.1) is 0 Å². The first-order valence-corrected chi connectivity index (χ1v) is 8.43. The second-order valence-corrected chi connectivity index (χ2v) is 5.70. The summed E-state index contributed by atoms with van der Waals surface area (Å²) in [6, 6.07) is 17.0. The fraction of sp³-hybridized carbons (Fsp3) is 0.300. The molecule has 2 aromatic rings. The molecule has 5 nitrogen and oxygen atoms in total. The third kappa shape index (κ3) is 6.56. The molecule has 0 fully saturated rings.